The SMILES string of the molecule is N#[C][Fe-2]([C]#N)([C]#N)([C]#N)([C]#N)[C]#N.[Fe+2]. The van der Waals surface area contributed by atoms with Crippen molar-refractivity contribution in [3.8, 4) is 29.8 Å². The van der Waals surface area contributed by atoms with Gasteiger partial charge in [0.2, 0.25) is 0 Å². The maximum atomic E-state index is 8.58. The van der Waals surface area contributed by atoms with Crippen molar-refractivity contribution >= 4 is 0 Å². The molecule has 14 heavy (non-hydrogen) atoms. The maximum absolute atomic E-state index is 8.58. The van der Waals surface area contributed by atoms with Crippen molar-refractivity contribution in [1.82, 2.24) is 0 Å². The van der Waals surface area contributed by atoms with E-state index in [4.69, 9.17) is 31.6 Å². The normalized spacial score (nSPS) is 12.4. The Labute approximate surface area is 89.2 Å². The Morgan fingerprint density at radius 3 is 0.643 bits per heavy atom. The predicted octanol–water partition coefficient (Wildman–Crippen LogP) is 0.0957. The molecule has 0 aliphatic carbocycles. The first-order valence-corrected chi connectivity index (χ1v) is 5.71. The van der Waals surface area contributed by atoms with Gasteiger partial charge in [-0.25, -0.2) is 0 Å². The van der Waals surface area contributed by atoms with Gasteiger partial charge in [0.1, 0.15) is 0 Å². The Morgan fingerprint density at radius 1 is 0.500 bits per heavy atom. The molecule has 0 saturated carbocycles. The van der Waals surface area contributed by atoms with Crippen molar-refractivity contribution in [2.45, 2.75) is 0 Å². The second kappa shape index (κ2) is 3.04. The third kappa shape index (κ3) is 1.03. The van der Waals surface area contributed by atoms with Crippen LogP contribution in [0.15, 0.2) is 0 Å². The molecule has 0 N–H and O–H groups in total. The molecule has 0 aliphatic rings. The number of rotatable bonds is 0. The van der Waals surface area contributed by atoms with Crippen LogP contribution in [0.3, 0.4) is 0 Å². The molecule has 0 bridgehead atoms. The Balaban J connectivity index is 0. The molecule has 0 aromatic heterocycles. The number of hydrogen-bond acceptors (Lipinski definition) is 6. The van der Waals surface area contributed by atoms with Gasteiger partial charge in [-0.15, -0.1) is 0 Å². The van der Waals surface area contributed by atoms with E-state index in [2.05, 4.69) is 0 Å². The van der Waals surface area contributed by atoms with E-state index in [-0.39, 0.29) is 17.1 Å². The standard InChI is InChI=1S/6CN.2Fe/c6*1-2;;/q;;;;;;-2;+2. The quantitative estimate of drug-likeness (QED) is 0.569. The average Bonchev–Trinajstić information content (AvgIpc) is 2.26. The van der Waals surface area contributed by atoms with E-state index >= 15 is 0 Å². The first-order chi connectivity index (χ1) is 5.97. The van der Waals surface area contributed by atoms with Crippen LogP contribution in [-0.4, -0.2) is 0 Å². The van der Waals surface area contributed by atoms with Gasteiger partial charge < -0.3 is 0 Å². The Bertz CT molecular complexity index is 390. The van der Waals surface area contributed by atoms with Crippen molar-refractivity contribution in [1.29, 1.82) is 31.6 Å². The topological polar surface area (TPSA) is 143 Å². The minimum Gasteiger partial charge on any atom is 2.00 e. The number of nitriles is 6. The van der Waals surface area contributed by atoms with E-state index < -0.39 is 10.7 Å². The van der Waals surface area contributed by atoms with Gasteiger partial charge in [0.15, 0.2) is 0 Å². The van der Waals surface area contributed by atoms with Gasteiger partial charge in [-0.05, 0) is 0 Å². The van der Waals surface area contributed by atoms with Gasteiger partial charge in [-0.3, -0.25) is 0 Å². The summed E-state index contributed by atoms with van der Waals surface area (Å²) >= 11 is 0. The van der Waals surface area contributed by atoms with Gasteiger partial charge in [0.25, 0.3) is 0 Å². The monoisotopic (exact) mass is 268 g/mol. The summed E-state index contributed by atoms with van der Waals surface area (Å²) in [4.78, 5) is 6.19. The zero-order chi connectivity index (χ0) is 10.7. The minimum absolute atomic E-state index is 0. The summed E-state index contributed by atoms with van der Waals surface area (Å²) < 4.78 is 0. The smallest absolute Gasteiger partial charge is 2.00 e. The van der Waals surface area contributed by atoms with E-state index in [1.54, 1.807) is 0 Å². The second-order valence-corrected chi connectivity index (χ2v) is 7.42. The Hall–Kier alpha value is -2.02. The van der Waals surface area contributed by atoms with Crippen molar-refractivity contribution in [2.75, 3.05) is 0 Å². The molecule has 0 saturated heterocycles. The summed E-state index contributed by atoms with van der Waals surface area (Å²) in [7, 11) is -6.17. The van der Waals surface area contributed by atoms with E-state index in [1.807, 2.05) is 0 Å². The molecule has 0 heterocycles. The van der Waals surface area contributed by atoms with Crippen LogP contribution in [0.4, 0.5) is 0 Å². The van der Waals surface area contributed by atoms with Crippen LogP contribution in [0.1, 0.15) is 0 Å². The molecule has 0 spiro atoms. The Kier molecular flexibility index (Phi) is 3.14. The van der Waals surface area contributed by atoms with Gasteiger partial charge in [0.05, 0.1) is 0 Å². The molecule has 0 rings (SSSR count). The third-order valence-electron chi connectivity index (χ3n) is 1.19. The molecule has 8 heteroatoms. The largest absolute Gasteiger partial charge is 2.00 e. The fraction of sp³-hybridized carbons (Fsp3) is 0. The zero-order valence-electron chi connectivity index (χ0n) is 6.39. The predicted molar refractivity (Wildman–Crippen MR) is 33.7 cm³/mol. The summed E-state index contributed by atoms with van der Waals surface area (Å²) in [6.07, 6.45) is 0. The Morgan fingerprint density at radius 2 is 0.643 bits per heavy atom. The molecule has 0 amide bonds. The first-order valence-electron chi connectivity index (χ1n) is 2.40. The summed E-state index contributed by atoms with van der Waals surface area (Å²) in [5, 5.41) is 51.5. The number of nitrogens with zero attached hydrogens (tertiary/aromatic N) is 6. The van der Waals surface area contributed by atoms with Crippen molar-refractivity contribution in [3.05, 3.63) is 0 Å². The van der Waals surface area contributed by atoms with Crippen LogP contribution in [-0.2, 0) is 27.8 Å². The molecule has 0 fully saturated rings. The van der Waals surface area contributed by atoms with Crippen LogP contribution >= 0.6 is 0 Å². The van der Waals surface area contributed by atoms with Gasteiger partial charge in [-0.1, -0.05) is 0 Å². The van der Waals surface area contributed by atoms with E-state index in [0.717, 1.165) is 29.8 Å². The van der Waals surface area contributed by atoms with E-state index in [9.17, 15) is 0 Å². The fourth-order valence-electron chi connectivity index (χ4n) is 0.265. The molecule has 0 unspecified atom stereocenters. The maximum Gasteiger partial charge on any atom is 2.00 e. The van der Waals surface area contributed by atoms with Crippen LogP contribution in [0.25, 0.3) is 0 Å². The third-order valence-corrected chi connectivity index (χ3v) is 4.89. The summed E-state index contributed by atoms with van der Waals surface area (Å²) in [6, 6.07) is 0. The summed E-state index contributed by atoms with van der Waals surface area (Å²) in [6.45, 7) is 0. The molecule has 6 nitrogen and oxygen atoms in total. The van der Waals surface area contributed by atoms with Gasteiger partial charge >= 0.3 is 89.2 Å². The molecular weight excluding hydrogens is 268 g/mol. The summed E-state index contributed by atoms with van der Waals surface area (Å²) in [5.41, 5.74) is 0. The van der Waals surface area contributed by atoms with Crippen molar-refractivity contribution < 1.29 is 27.8 Å². The van der Waals surface area contributed by atoms with Crippen LogP contribution in [0, 0.1) is 61.4 Å². The average molecular weight is 268 g/mol. The molecule has 0 aromatic rings. The van der Waals surface area contributed by atoms with Crippen LogP contribution in [0.5, 0.6) is 0 Å². The zero-order valence-corrected chi connectivity index (χ0v) is 8.60. The van der Waals surface area contributed by atoms with Crippen molar-refractivity contribution in [3.63, 3.8) is 0 Å². The van der Waals surface area contributed by atoms with Crippen LogP contribution < -0.4 is 0 Å². The van der Waals surface area contributed by atoms with E-state index in [1.165, 1.54) is 0 Å². The molecule has 0 aliphatic heterocycles. The summed E-state index contributed by atoms with van der Waals surface area (Å²) in [5.74, 6) is 0. The van der Waals surface area contributed by atoms with Gasteiger partial charge in [0, 0.05) is 0 Å². The van der Waals surface area contributed by atoms with Crippen molar-refractivity contribution in [2.24, 2.45) is 0 Å². The van der Waals surface area contributed by atoms with Crippen LogP contribution in [0.2, 0.25) is 0 Å². The number of hydrogen-bond donors (Lipinski definition) is 0. The molecule has 0 radical (unpaired) electrons. The molecular formula is C6Fe2N6. The second-order valence-electron chi connectivity index (χ2n) is 1.80. The molecule has 0 aromatic carbocycles. The van der Waals surface area contributed by atoms with Gasteiger partial charge in [-0.2, -0.15) is 0 Å². The fourth-order valence-corrected chi connectivity index (χ4v) is 1.09. The molecule has 70 valence electrons. The first kappa shape index (κ1) is 14.5. The van der Waals surface area contributed by atoms with E-state index in [0.29, 0.717) is 0 Å². The minimum atomic E-state index is -6.17. The molecule has 0 atom stereocenters.